The van der Waals surface area contributed by atoms with Crippen LogP contribution in [0.4, 0.5) is 0 Å². The van der Waals surface area contributed by atoms with Crippen LogP contribution in [0.3, 0.4) is 0 Å². The minimum atomic E-state index is -0.162. The molecule has 34 heavy (non-hydrogen) atoms. The maximum absolute atomic E-state index is 13.6. The van der Waals surface area contributed by atoms with Gasteiger partial charge in [-0.2, -0.15) is 0 Å². The molecule has 176 valence electrons. The molecule has 0 bridgehead atoms. The topological polar surface area (TPSA) is 74.4 Å². The highest BCUT2D eigenvalue weighted by atomic mass is 16.5. The summed E-state index contributed by atoms with van der Waals surface area (Å²) in [5.74, 6) is 0.862. The van der Waals surface area contributed by atoms with Gasteiger partial charge in [-0.3, -0.25) is 10.1 Å². The molecule has 2 aliphatic heterocycles. The fourth-order valence-corrected chi connectivity index (χ4v) is 5.40. The molecule has 0 spiro atoms. The first-order valence-corrected chi connectivity index (χ1v) is 12.0. The van der Waals surface area contributed by atoms with E-state index in [9.17, 15) is 4.79 Å². The number of hydrazine groups is 1. The summed E-state index contributed by atoms with van der Waals surface area (Å²) >= 11 is 0. The molecule has 0 aliphatic carbocycles. The molecule has 2 aliphatic rings. The molecule has 2 saturated heterocycles. The summed E-state index contributed by atoms with van der Waals surface area (Å²) in [6.07, 6.45) is 1.48. The van der Waals surface area contributed by atoms with E-state index >= 15 is 0 Å². The Balaban J connectivity index is 1.38. The van der Waals surface area contributed by atoms with E-state index in [2.05, 4.69) is 51.8 Å². The quantitative estimate of drug-likeness (QED) is 0.438. The van der Waals surface area contributed by atoms with Crippen LogP contribution in [0.25, 0.3) is 0 Å². The highest BCUT2D eigenvalue weighted by Crippen LogP contribution is 2.43. The Labute approximate surface area is 201 Å². The van der Waals surface area contributed by atoms with Crippen LogP contribution in [0, 0.1) is 11.8 Å². The number of rotatable bonds is 7. The lowest BCUT2D eigenvalue weighted by molar-refractivity contribution is -0.128. The van der Waals surface area contributed by atoms with Crippen molar-refractivity contribution in [3.8, 4) is 5.75 Å². The van der Waals surface area contributed by atoms with E-state index in [1.54, 1.807) is 7.11 Å². The molecule has 5 rings (SSSR count). The van der Waals surface area contributed by atoms with E-state index in [-0.39, 0.29) is 36.0 Å². The van der Waals surface area contributed by atoms with Crippen molar-refractivity contribution in [1.29, 1.82) is 0 Å². The van der Waals surface area contributed by atoms with Gasteiger partial charge in [0.2, 0.25) is 5.91 Å². The monoisotopic (exact) mass is 456 g/mol. The number of fused-ring (bicyclic) bond motifs is 1. The molecule has 5 atom stereocenters. The largest absolute Gasteiger partial charge is 0.496 e. The Morgan fingerprint density at radius 1 is 0.941 bits per heavy atom. The van der Waals surface area contributed by atoms with Gasteiger partial charge < -0.3 is 10.1 Å². The van der Waals surface area contributed by atoms with E-state index in [1.807, 2.05) is 54.6 Å². The smallest absolute Gasteiger partial charge is 0.223 e. The van der Waals surface area contributed by atoms with Crippen LogP contribution in [0.1, 0.15) is 35.2 Å². The lowest BCUT2D eigenvalue weighted by atomic mass is 9.74. The Hall–Kier alpha value is -3.19. The lowest BCUT2D eigenvalue weighted by Crippen LogP contribution is -2.54. The Kier molecular flexibility index (Phi) is 6.90. The van der Waals surface area contributed by atoms with E-state index in [0.717, 1.165) is 17.7 Å². The number of para-hydroxylation sites is 1. The predicted octanol–water partition coefficient (Wildman–Crippen LogP) is 3.50. The molecule has 1 amide bonds. The molecular formula is C28H32N4O2. The summed E-state index contributed by atoms with van der Waals surface area (Å²) in [6.45, 7) is 0.625. The van der Waals surface area contributed by atoms with Crippen LogP contribution in [0.15, 0.2) is 84.9 Å². The molecule has 6 heteroatoms. The minimum Gasteiger partial charge on any atom is -0.496 e. The summed E-state index contributed by atoms with van der Waals surface area (Å²) in [5.41, 5.74) is 10.4. The van der Waals surface area contributed by atoms with Crippen LogP contribution in [-0.2, 0) is 11.2 Å². The van der Waals surface area contributed by atoms with Gasteiger partial charge in [0.1, 0.15) is 5.75 Å². The Morgan fingerprint density at radius 2 is 1.65 bits per heavy atom. The van der Waals surface area contributed by atoms with Crippen molar-refractivity contribution in [3.63, 3.8) is 0 Å². The van der Waals surface area contributed by atoms with Crippen molar-refractivity contribution in [2.24, 2.45) is 11.8 Å². The molecule has 2 heterocycles. The SMILES string of the molecule is COc1ccccc1C1CC(C(=O)NCCc2ccccc2)C2C(NNC2c2ccccc2)N1. The van der Waals surface area contributed by atoms with Crippen LogP contribution < -0.4 is 26.2 Å². The van der Waals surface area contributed by atoms with Crippen LogP contribution in [0.2, 0.25) is 0 Å². The number of carbonyl (C=O) groups is 1. The number of carbonyl (C=O) groups excluding carboxylic acids is 1. The van der Waals surface area contributed by atoms with Gasteiger partial charge in [-0.25, -0.2) is 10.9 Å². The zero-order chi connectivity index (χ0) is 23.3. The van der Waals surface area contributed by atoms with Crippen LogP contribution >= 0.6 is 0 Å². The Bertz CT molecular complexity index is 1090. The number of methoxy groups -OCH3 is 1. The first kappa shape index (κ1) is 22.6. The summed E-state index contributed by atoms with van der Waals surface area (Å²) in [7, 11) is 1.69. The van der Waals surface area contributed by atoms with Gasteiger partial charge >= 0.3 is 0 Å². The van der Waals surface area contributed by atoms with Gasteiger partial charge in [0.15, 0.2) is 0 Å². The molecule has 0 saturated carbocycles. The molecular weight excluding hydrogens is 424 g/mol. The fraction of sp³-hybridized carbons (Fsp3) is 0.321. The summed E-state index contributed by atoms with van der Waals surface area (Å²) in [6, 6.07) is 28.7. The van der Waals surface area contributed by atoms with Crippen molar-refractivity contribution < 1.29 is 9.53 Å². The van der Waals surface area contributed by atoms with Gasteiger partial charge in [-0.1, -0.05) is 78.9 Å². The fourth-order valence-electron chi connectivity index (χ4n) is 5.40. The molecule has 6 nitrogen and oxygen atoms in total. The van der Waals surface area contributed by atoms with E-state index in [1.165, 1.54) is 11.1 Å². The molecule has 3 aromatic carbocycles. The number of ether oxygens (including phenoxy) is 1. The molecule has 0 aromatic heterocycles. The average molecular weight is 457 g/mol. The first-order valence-electron chi connectivity index (χ1n) is 12.0. The molecule has 3 aromatic rings. The lowest BCUT2D eigenvalue weighted by Gasteiger charge is -2.40. The predicted molar refractivity (Wildman–Crippen MR) is 133 cm³/mol. The number of benzene rings is 3. The van der Waals surface area contributed by atoms with Gasteiger partial charge in [-0.15, -0.1) is 0 Å². The third kappa shape index (κ3) is 4.71. The number of hydrogen-bond acceptors (Lipinski definition) is 5. The van der Waals surface area contributed by atoms with Crippen molar-refractivity contribution >= 4 is 5.91 Å². The highest BCUT2D eigenvalue weighted by Gasteiger charge is 2.49. The number of hydrogen-bond donors (Lipinski definition) is 4. The van der Waals surface area contributed by atoms with E-state index in [0.29, 0.717) is 13.0 Å². The molecule has 5 unspecified atom stereocenters. The minimum absolute atomic E-state index is 0.00565. The Morgan fingerprint density at radius 3 is 2.41 bits per heavy atom. The summed E-state index contributed by atoms with van der Waals surface area (Å²) in [4.78, 5) is 13.6. The third-order valence-electron chi connectivity index (χ3n) is 7.06. The highest BCUT2D eigenvalue weighted by molar-refractivity contribution is 5.79. The third-order valence-corrected chi connectivity index (χ3v) is 7.06. The second-order valence-corrected chi connectivity index (χ2v) is 9.06. The number of amides is 1. The second-order valence-electron chi connectivity index (χ2n) is 9.06. The number of piperidine rings is 1. The van der Waals surface area contributed by atoms with E-state index < -0.39 is 0 Å². The second kappa shape index (κ2) is 10.4. The first-order chi connectivity index (χ1) is 16.7. The zero-order valence-electron chi connectivity index (χ0n) is 19.4. The molecule has 2 fully saturated rings. The van der Waals surface area contributed by atoms with Gasteiger partial charge in [0.05, 0.1) is 19.3 Å². The van der Waals surface area contributed by atoms with Crippen LogP contribution in [-0.4, -0.2) is 25.7 Å². The van der Waals surface area contributed by atoms with E-state index in [4.69, 9.17) is 4.74 Å². The molecule has 0 radical (unpaired) electrons. The normalized spacial score (nSPS) is 26.0. The van der Waals surface area contributed by atoms with Gasteiger partial charge in [0, 0.05) is 30.0 Å². The maximum Gasteiger partial charge on any atom is 0.223 e. The maximum atomic E-state index is 13.6. The van der Waals surface area contributed by atoms with Crippen LogP contribution in [0.5, 0.6) is 5.75 Å². The zero-order valence-corrected chi connectivity index (χ0v) is 19.4. The van der Waals surface area contributed by atoms with Crippen molar-refractivity contribution in [3.05, 3.63) is 102 Å². The van der Waals surface area contributed by atoms with Gasteiger partial charge in [-0.05, 0) is 30.0 Å². The molecule has 4 N–H and O–H groups in total. The summed E-state index contributed by atoms with van der Waals surface area (Å²) < 4.78 is 5.63. The van der Waals surface area contributed by atoms with Crippen molar-refractivity contribution in [1.82, 2.24) is 21.5 Å². The van der Waals surface area contributed by atoms with Gasteiger partial charge in [0.25, 0.3) is 0 Å². The number of nitrogens with one attached hydrogen (secondary N) is 4. The summed E-state index contributed by atoms with van der Waals surface area (Å²) in [5, 5.41) is 6.97. The standard InChI is InChI=1S/C28H32N4O2/c1-34-24-15-9-8-14-21(24)23-18-22(28(33)29-17-16-19-10-4-2-5-11-19)25-26(31-32-27(25)30-23)20-12-6-3-7-13-20/h2-15,22-23,25-27,30-32H,16-18H2,1H3,(H,29,33). The van der Waals surface area contributed by atoms with Crippen molar-refractivity contribution in [2.45, 2.75) is 31.1 Å². The average Bonchev–Trinajstić information content (AvgIpc) is 3.33. The van der Waals surface area contributed by atoms with Crippen molar-refractivity contribution in [2.75, 3.05) is 13.7 Å².